The van der Waals surface area contributed by atoms with Gasteiger partial charge in [-0.25, -0.2) is 0 Å². The predicted octanol–water partition coefficient (Wildman–Crippen LogP) is 1.20. The number of carbonyl (C=O) groups excluding carboxylic acids is 1. The molecule has 1 N–H and O–H groups in total. The van der Waals surface area contributed by atoms with Crippen molar-refractivity contribution in [3.8, 4) is 0 Å². The van der Waals surface area contributed by atoms with E-state index in [1.54, 1.807) is 0 Å². The second-order valence-corrected chi connectivity index (χ2v) is 3.45. The van der Waals surface area contributed by atoms with Crippen molar-refractivity contribution in [3.63, 3.8) is 0 Å². The summed E-state index contributed by atoms with van der Waals surface area (Å²) in [5.41, 5.74) is 0.970. The van der Waals surface area contributed by atoms with Crippen molar-refractivity contribution >= 4 is 23.1 Å². The monoisotopic (exact) mass is 207 g/mol. The van der Waals surface area contributed by atoms with Gasteiger partial charge in [0, 0.05) is 0 Å². The summed E-state index contributed by atoms with van der Waals surface area (Å²) in [6, 6.07) is 9.60. The van der Waals surface area contributed by atoms with Crippen molar-refractivity contribution in [3.05, 3.63) is 35.9 Å². The SMILES string of the molecule is O=C1COC(c2ccccc2)C(=S)N1. The van der Waals surface area contributed by atoms with Crippen LogP contribution < -0.4 is 5.32 Å². The summed E-state index contributed by atoms with van der Waals surface area (Å²) in [5, 5.41) is 2.60. The molecule has 4 heteroatoms. The van der Waals surface area contributed by atoms with Crippen molar-refractivity contribution in [1.82, 2.24) is 5.32 Å². The van der Waals surface area contributed by atoms with Gasteiger partial charge in [-0.15, -0.1) is 0 Å². The molecule has 1 aliphatic heterocycles. The number of carbonyl (C=O) groups is 1. The Bertz CT molecular complexity index is 364. The van der Waals surface area contributed by atoms with Gasteiger partial charge in [0.15, 0.2) is 0 Å². The molecule has 14 heavy (non-hydrogen) atoms. The van der Waals surface area contributed by atoms with Crippen LogP contribution in [0.5, 0.6) is 0 Å². The lowest BCUT2D eigenvalue weighted by Gasteiger charge is -2.24. The average molecular weight is 207 g/mol. The predicted molar refractivity (Wildman–Crippen MR) is 55.9 cm³/mol. The number of hydrogen-bond donors (Lipinski definition) is 1. The largest absolute Gasteiger partial charge is 0.357 e. The number of thiocarbonyl (C=S) groups is 1. The van der Waals surface area contributed by atoms with E-state index >= 15 is 0 Å². The minimum absolute atomic E-state index is 0.0691. The fourth-order valence-corrected chi connectivity index (χ4v) is 1.67. The quantitative estimate of drug-likeness (QED) is 0.703. The maximum atomic E-state index is 10.9. The Kier molecular flexibility index (Phi) is 2.56. The van der Waals surface area contributed by atoms with E-state index in [9.17, 15) is 4.79 Å². The first-order valence-corrected chi connectivity index (χ1v) is 4.68. The van der Waals surface area contributed by atoms with Gasteiger partial charge in [-0.1, -0.05) is 42.5 Å². The first-order valence-electron chi connectivity index (χ1n) is 4.27. The Morgan fingerprint density at radius 2 is 2.07 bits per heavy atom. The fraction of sp³-hybridized carbons (Fsp3) is 0.200. The lowest BCUT2D eigenvalue weighted by molar-refractivity contribution is -0.127. The second kappa shape index (κ2) is 3.86. The van der Waals surface area contributed by atoms with E-state index in [0.29, 0.717) is 4.99 Å². The molecular weight excluding hydrogens is 198 g/mol. The second-order valence-electron chi connectivity index (χ2n) is 3.01. The molecule has 2 rings (SSSR count). The molecule has 0 radical (unpaired) electrons. The maximum Gasteiger partial charge on any atom is 0.250 e. The molecule has 1 fully saturated rings. The van der Waals surface area contributed by atoms with E-state index in [-0.39, 0.29) is 18.6 Å². The van der Waals surface area contributed by atoms with Crippen LogP contribution in [0.2, 0.25) is 0 Å². The molecule has 1 aliphatic rings. The third kappa shape index (κ3) is 1.81. The Labute approximate surface area is 87.1 Å². The first kappa shape index (κ1) is 9.30. The van der Waals surface area contributed by atoms with E-state index in [4.69, 9.17) is 17.0 Å². The van der Waals surface area contributed by atoms with Gasteiger partial charge in [-0.3, -0.25) is 4.79 Å². The van der Waals surface area contributed by atoms with Gasteiger partial charge in [0.2, 0.25) is 0 Å². The minimum Gasteiger partial charge on any atom is -0.357 e. The number of nitrogens with one attached hydrogen (secondary N) is 1. The van der Waals surface area contributed by atoms with Crippen molar-refractivity contribution in [2.75, 3.05) is 6.61 Å². The van der Waals surface area contributed by atoms with E-state index in [1.165, 1.54) is 0 Å². The highest BCUT2D eigenvalue weighted by Gasteiger charge is 2.24. The van der Waals surface area contributed by atoms with Crippen LogP contribution in [0.1, 0.15) is 11.7 Å². The summed E-state index contributed by atoms with van der Waals surface area (Å²) in [6.45, 7) is 0.0691. The molecule has 1 amide bonds. The number of hydrogen-bond acceptors (Lipinski definition) is 3. The smallest absolute Gasteiger partial charge is 0.250 e. The number of rotatable bonds is 1. The van der Waals surface area contributed by atoms with Gasteiger partial charge >= 0.3 is 0 Å². The van der Waals surface area contributed by atoms with E-state index in [1.807, 2.05) is 30.3 Å². The van der Waals surface area contributed by atoms with Gasteiger partial charge in [0.05, 0.1) is 0 Å². The van der Waals surface area contributed by atoms with Crippen LogP contribution in [0.15, 0.2) is 30.3 Å². The molecule has 0 aromatic heterocycles. The number of morpholine rings is 1. The summed E-state index contributed by atoms with van der Waals surface area (Å²) in [6.07, 6.45) is -0.288. The molecule has 0 saturated carbocycles. The summed E-state index contributed by atoms with van der Waals surface area (Å²) < 4.78 is 5.34. The van der Waals surface area contributed by atoms with Crippen LogP contribution in [0.4, 0.5) is 0 Å². The van der Waals surface area contributed by atoms with Gasteiger partial charge in [-0.2, -0.15) is 0 Å². The zero-order chi connectivity index (χ0) is 9.97. The van der Waals surface area contributed by atoms with Gasteiger partial charge < -0.3 is 10.1 Å². The molecular formula is C10H9NO2S. The molecule has 1 aromatic carbocycles. The standard InChI is InChI=1S/C10H9NO2S/c12-8-6-13-9(10(14)11-8)7-4-2-1-3-5-7/h1-5,9H,6H2,(H,11,12,14). The third-order valence-corrected chi connectivity index (χ3v) is 2.30. The first-order chi connectivity index (χ1) is 6.77. The molecule has 0 spiro atoms. The lowest BCUT2D eigenvalue weighted by Crippen LogP contribution is -2.42. The highest BCUT2D eigenvalue weighted by Crippen LogP contribution is 2.20. The molecule has 3 nitrogen and oxygen atoms in total. The molecule has 1 aromatic rings. The molecule has 0 aliphatic carbocycles. The van der Waals surface area contributed by atoms with E-state index < -0.39 is 0 Å². The van der Waals surface area contributed by atoms with Crippen molar-refractivity contribution in [2.24, 2.45) is 0 Å². The topological polar surface area (TPSA) is 38.3 Å². The van der Waals surface area contributed by atoms with Crippen molar-refractivity contribution in [1.29, 1.82) is 0 Å². The van der Waals surface area contributed by atoms with Crippen LogP contribution in [0, 0.1) is 0 Å². The van der Waals surface area contributed by atoms with Crippen molar-refractivity contribution < 1.29 is 9.53 Å². The zero-order valence-electron chi connectivity index (χ0n) is 7.40. The highest BCUT2D eigenvalue weighted by molar-refractivity contribution is 7.80. The van der Waals surface area contributed by atoms with Crippen LogP contribution in [-0.2, 0) is 9.53 Å². The summed E-state index contributed by atoms with van der Waals surface area (Å²) in [5.74, 6) is -0.179. The lowest BCUT2D eigenvalue weighted by atomic mass is 10.1. The Morgan fingerprint density at radius 1 is 1.36 bits per heavy atom. The molecule has 72 valence electrons. The van der Waals surface area contributed by atoms with Crippen LogP contribution >= 0.6 is 12.2 Å². The van der Waals surface area contributed by atoms with Gasteiger partial charge in [0.1, 0.15) is 17.7 Å². The number of benzene rings is 1. The summed E-state index contributed by atoms with van der Waals surface area (Å²) in [4.78, 5) is 11.4. The Balaban J connectivity index is 2.20. The molecule has 1 unspecified atom stereocenters. The Hall–Kier alpha value is -1.26. The normalized spacial score (nSPS) is 21.9. The summed E-state index contributed by atoms with van der Waals surface area (Å²) in [7, 11) is 0. The fourth-order valence-electron chi connectivity index (χ4n) is 1.35. The highest BCUT2D eigenvalue weighted by atomic mass is 32.1. The summed E-state index contributed by atoms with van der Waals surface area (Å²) >= 11 is 5.03. The molecule has 1 atom stereocenters. The van der Waals surface area contributed by atoms with Gasteiger partial charge in [-0.05, 0) is 5.56 Å². The van der Waals surface area contributed by atoms with Crippen LogP contribution in [0.25, 0.3) is 0 Å². The molecule has 0 bridgehead atoms. The number of ether oxygens (including phenoxy) is 1. The minimum atomic E-state index is -0.288. The van der Waals surface area contributed by atoms with E-state index in [2.05, 4.69) is 5.32 Å². The van der Waals surface area contributed by atoms with E-state index in [0.717, 1.165) is 5.56 Å². The van der Waals surface area contributed by atoms with Crippen LogP contribution in [0.3, 0.4) is 0 Å². The Morgan fingerprint density at radius 3 is 2.71 bits per heavy atom. The molecule has 1 saturated heterocycles. The zero-order valence-corrected chi connectivity index (χ0v) is 8.21. The van der Waals surface area contributed by atoms with Gasteiger partial charge in [0.25, 0.3) is 5.91 Å². The van der Waals surface area contributed by atoms with Crippen molar-refractivity contribution in [2.45, 2.75) is 6.10 Å². The maximum absolute atomic E-state index is 10.9. The number of amides is 1. The van der Waals surface area contributed by atoms with Crippen LogP contribution in [-0.4, -0.2) is 17.5 Å². The molecule has 1 heterocycles. The third-order valence-electron chi connectivity index (χ3n) is 1.98. The average Bonchev–Trinajstić information content (AvgIpc) is 2.19.